The standard InChI is InChI=1S/C16H21N3O4/c1-8-10-5-6-19(14(10)18-7-17-8)15-13-12(11(21-15)9(2)20)22-16(3,4)23-13/h5-7,9,11-13,15,20H,1-4H3/t9-,11-,12+,13+,15+/m0/s1. The molecule has 2 fully saturated rings. The lowest BCUT2D eigenvalue weighted by Gasteiger charge is -2.26. The highest BCUT2D eigenvalue weighted by atomic mass is 16.8. The molecule has 1 N–H and O–H groups in total. The van der Waals surface area contributed by atoms with Crippen molar-refractivity contribution < 1.29 is 19.3 Å². The van der Waals surface area contributed by atoms with Gasteiger partial charge in [0, 0.05) is 11.6 Å². The van der Waals surface area contributed by atoms with E-state index in [-0.39, 0.29) is 12.2 Å². The van der Waals surface area contributed by atoms with Gasteiger partial charge in [0.15, 0.2) is 12.0 Å². The van der Waals surface area contributed by atoms with Crippen LogP contribution in [0, 0.1) is 6.92 Å². The molecule has 4 heterocycles. The van der Waals surface area contributed by atoms with Crippen molar-refractivity contribution in [1.29, 1.82) is 0 Å². The molecule has 0 unspecified atom stereocenters. The van der Waals surface area contributed by atoms with E-state index in [1.807, 2.05) is 37.6 Å². The van der Waals surface area contributed by atoms with Gasteiger partial charge in [-0.15, -0.1) is 0 Å². The second kappa shape index (κ2) is 4.98. The Morgan fingerprint density at radius 2 is 2.00 bits per heavy atom. The van der Waals surface area contributed by atoms with Crippen LogP contribution >= 0.6 is 0 Å². The monoisotopic (exact) mass is 319 g/mol. The minimum Gasteiger partial charge on any atom is -0.391 e. The molecule has 2 aromatic rings. The van der Waals surface area contributed by atoms with Crippen LogP contribution in [-0.4, -0.2) is 49.8 Å². The van der Waals surface area contributed by atoms with E-state index in [2.05, 4.69) is 9.97 Å². The third kappa shape index (κ3) is 2.27. The molecular formula is C16H21N3O4. The van der Waals surface area contributed by atoms with E-state index in [1.165, 1.54) is 0 Å². The molecule has 124 valence electrons. The SMILES string of the molecule is Cc1ncnc2c1ccn2[C@@H]1O[C@@H]([C@H](C)O)[C@H]2OC(C)(C)O[C@H]21. The average molecular weight is 319 g/mol. The fourth-order valence-electron chi connectivity index (χ4n) is 3.52. The summed E-state index contributed by atoms with van der Waals surface area (Å²) < 4.78 is 20.0. The van der Waals surface area contributed by atoms with E-state index in [4.69, 9.17) is 14.2 Å². The number of hydrogen-bond acceptors (Lipinski definition) is 6. The van der Waals surface area contributed by atoms with Crippen LogP contribution in [0.3, 0.4) is 0 Å². The van der Waals surface area contributed by atoms with Gasteiger partial charge in [-0.1, -0.05) is 0 Å². The summed E-state index contributed by atoms with van der Waals surface area (Å²) in [7, 11) is 0. The molecule has 2 aliphatic heterocycles. The molecule has 0 spiro atoms. The lowest BCUT2D eigenvalue weighted by atomic mass is 10.1. The van der Waals surface area contributed by atoms with E-state index in [9.17, 15) is 5.11 Å². The Hall–Kier alpha value is -1.54. The Bertz CT molecular complexity index is 742. The maximum absolute atomic E-state index is 10.0. The van der Waals surface area contributed by atoms with Crippen molar-refractivity contribution >= 4 is 11.0 Å². The smallest absolute Gasteiger partial charge is 0.164 e. The molecule has 4 rings (SSSR count). The average Bonchev–Trinajstić information content (AvgIpc) is 3.09. The molecule has 7 nitrogen and oxygen atoms in total. The number of rotatable bonds is 2. The zero-order valence-corrected chi connectivity index (χ0v) is 13.6. The van der Waals surface area contributed by atoms with E-state index in [0.29, 0.717) is 0 Å². The first-order valence-electron chi connectivity index (χ1n) is 7.85. The number of fused-ring (bicyclic) bond motifs is 2. The molecule has 0 aromatic carbocycles. The molecule has 2 aliphatic rings. The molecule has 23 heavy (non-hydrogen) atoms. The topological polar surface area (TPSA) is 78.6 Å². The predicted molar refractivity (Wildman–Crippen MR) is 81.7 cm³/mol. The molecular weight excluding hydrogens is 298 g/mol. The quantitative estimate of drug-likeness (QED) is 0.904. The summed E-state index contributed by atoms with van der Waals surface area (Å²) in [5.41, 5.74) is 1.71. The van der Waals surface area contributed by atoms with Gasteiger partial charge in [0.05, 0.1) is 11.8 Å². The van der Waals surface area contributed by atoms with Crippen LogP contribution < -0.4 is 0 Å². The van der Waals surface area contributed by atoms with Crippen molar-refractivity contribution in [1.82, 2.24) is 14.5 Å². The summed E-state index contributed by atoms with van der Waals surface area (Å²) in [5, 5.41) is 11.0. The zero-order chi connectivity index (χ0) is 16.4. The summed E-state index contributed by atoms with van der Waals surface area (Å²) in [6.45, 7) is 7.41. The maximum atomic E-state index is 10.0. The molecule has 0 radical (unpaired) electrons. The lowest BCUT2D eigenvalue weighted by Crippen LogP contribution is -2.36. The molecule has 0 saturated carbocycles. The van der Waals surface area contributed by atoms with Gasteiger partial charge in [-0.25, -0.2) is 9.97 Å². The Labute approximate surface area is 134 Å². The highest BCUT2D eigenvalue weighted by Gasteiger charge is 2.57. The van der Waals surface area contributed by atoms with Gasteiger partial charge in [0.25, 0.3) is 0 Å². The van der Waals surface area contributed by atoms with Gasteiger partial charge in [0.2, 0.25) is 0 Å². The van der Waals surface area contributed by atoms with Crippen molar-refractivity contribution in [2.24, 2.45) is 0 Å². The first-order valence-corrected chi connectivity index (χ1v) is 7.85. The number of hydrogen-bond donors (Lipinski definition) is 1. The Morgan fingerprint density at radius 3 is 2.74 bits per heavy atom. The van der Waals surface area contributed by atoms with Crippen molar-refractivity contribution in [3.05, 3.63) is 24.3 Å². The van der Waals surface area contributed by atoms with Crippen LogP contribution in [0.1, 0.15) is 32.7 Å². The number of ether oxygens (including phenoxy) is 3. The highest BCUT2D eigenvalue weighted by molar-refractivity contribution is 5.78. The second-order valence-electron chi connectivity index (χ2n) is 6.72. The minimum atomic E-state index is -0.696. The van der Waals surface area contributed by atoms with Gasteiger partial charge in [-0.05, 0) is 33.8 Å². The Kier molecular flexibility index (Phi) is 3.25. The van der Waals surface area contributed by atoms with Crippen LogP contribution in [0.15, 0.2) is 18.6 Å². The van der Waals surface area contributed by atoms with Crippen molar-refractivity contribution in [3.8, 4) is 0 Å². The summed E-state index contributed by atoms with van der Waals surface area (Å²) in [6, 6.07) is 1.97. The first kappa shape index (κ1) is 15.0. The van der Waals surface area contributed by atoms with Gasteiger partial charge in [-0.2, -0.15) is 0 Å². The third-order valence-electron chi connectivity index (χ3n) is 4.52. The summed E-state index contributed by atoms with van der Waals surface area (Å²) in [4.78, 5) is 8.60. The second-order valence-corrected chi connectivity index (χ2v) is 6.72. The molecule has 5 atom stereocenters. The Morgan fingerprint density at radius 1 is 1.26 bits per heavy atom. The van der Waals surface area contributed by atoms with E-state index in [0.717, 1.165) is 16.7 Å². The largest absolute Gasteiger partial charge is 0.391 e. The van der Waals surface area contributed by atoms with Gasteiger partial charge in [0.1, 0.15) is 30.3 Å². The molecule has 2 saturated heterocycles. The first-order chi connectivity index (χ1) is 10.9. The Balaban J connectivity index is 1.77. The minimum absolute atomic E-state index is 0.296. The normalized spacial score (nSPS) is 34.0. The fraction of sp³-hybridized carbons (Fsp3) is 0.625. The lowest BCUT2D eigenvalue weighted by molar-refractivity contribution is -0.205. The van der Waals surface area contributed by atoms with Crippen LogP contribution in [0.2, 0.25) is 0 Å². The van der Waals surface area contributed by atoms with E-state index >= 15 is 0 Å². The van der Waals surface area contributed by atoms with E-state index in [1.54, 1.807) is 13.3 Å². The number of aromatic nitrogens is 3. The van der Waals surface area contributed by atoms with Crippen molar-refractivity contribution in [2.75, 3.05) is 0 Å². The fourth-order valence-corrected chi connectivity index (χ4v) is 3.52. The molecule has 0 aliphatic carbocycles. The maximum Gasteiger partial charge on any atom is 0.164 e. The van der Waals surface area contributed by atoms with Crippen LogP contribution in [0.4, 0.5) is 0 Å². The van der Waals surface area contributed by atoms with Crippen molar-refractivity contribution in [2.45, 2.75) is 64.1 Å². The highest BCUT2D eigenvalue weighted by Crippen LogP contribution is 2.44. The number of nitrogens with zero attached hydrogens (tertiary/aromatic N) is 3. The number of aliphatic hydroxyl groups excluding tert-OH is 1. The van der Waals surface area contributed by atoms with Gasteiger partial charge >= 0.3 is 0 Å². The number of aryl methyl sites for hydroxylation is 1. The summed E-state index contributed by atoms with van der Waals surface area (Å²) in [6.07, 6.45) is 1.38. The third-order valence-corrected chi connectivity index (χ3v) is 4.52. The van der Waals surface area contributed by atoms with Gasteiger partial charge in [-0.3, -0.25) is 0 Å². The van der Waals surface area contributed by atoms with Crippen LogP contribution in [0.5, 0.6) is 0 Å². The zero-order valence-electron chi connectivity index (χ0n) is 13.6. The van der Waals surface area contributed by atoms with Crippen molar-refractivity contribution in [3.63, 3.8) is 0 Å². The molecule has 0 bridgehead atoms. The summed E-state index contributed by atoms with van der Waals surface area (Å²) >= 11 is 0. The summed E-state index contributed by atoms with van der Waals surface area (Å²) in [5.74, 6) is -0.696. The molecule has 7 heteroatoms. The molecule has 2 aromatic heterocycles. The van der Waals surface area contributed by atoms with Crippen LogP contribution in [-0.2, 0) is 14.2 Å². The predicted octanol–water partition coefficient (Wildman–Crippen LogP) is 1.54. The number of aliphatic hydroxyl groups is 1. The van der Waals surface area contributed by atoms with Crippen LogP contribution in [0.25, 0.3) is 11.0 Å². The molecule has 0 amide bonds. The van der Waals surface area contributed by atoms with E-state index < -0.39 is 24.2 Å². The van der Waals surface area contributed by atoms with Gasteiger partial charge < -0.3 is 23.9 Å².